The van der Waals surface area contributed by atoms with E-state index in [0.717, 1.165) is 22.6 Å². The van der Waals surface area contributed by atoms with Crippen molar-refractivity contribution in [3.05, 3.63) is 84.3 Å². The minimum Gasteiger partial charge on any atom is -0.374 e. The number of carbonyl (C=O) groups is 3. The Hall–Kier alpha value is -3.09. The number of aromatic nitrogens is 2. The SMILES string of the molecule is CCSCCNC(=O)C(c1ccccc1)n1cnc(NC(=O)[C@@H](COCc2ccccc2)NC(=O)C(C)(C)N)c1.Cl.Cl. The number of rotatable bonds is 15. The molecule has 42 heavy (non-hydrogen) atoms. The van der Waals surface area contributed by atoms with Gasteiger partial charge in [-0.25, -0.2) is 4.98 Å². The van der Waals surface area contributed by atoms with Gasteiger partial charge in [0.1, 0.15) is 12.1 Å². The molecule has 3 amide bonds. The summed E-state index contributed by atoms with van der Waals surface area (Å²) in [6, 6.07) is 17.2. The molecule has 0 radical (unpaired) electrons. The van der Waals surface area contributed by atoms with Crippen molar-refractivity contribution in [2.75, 3.05) is 30.0 Å². The normalized spacial score (nSPS) is 12.2. The number of ether oxygens (including phenoxy) is 1. The van der Waals surface area contributed by atoms with Crippen LogP contribution in [0.15, 0.2) is 73.2 Å². The van der Waals surface area contributed by atoms with Gasteiger partial charge < -0.3 is 31.0 Å². The second kappa shape index (κ2) is 18.4. The Morgan fingerprint density at radius 3 is 2.29 bits per heavy atom. The zero-order valence-corrected chi connectivity index (χ0v) is 26.4. The zero-order valence-electron chi connectivity index (χ0n) is 23.9. The summed E-state index contributed by atoms with van der Waals surface area (Å²) in [5, 5.41) is 8.38. The van der Waals surface area contributed by atoms with Crippen LogP contribution in [-0.2, 0) is 25.7 Å². The molecule has 5 N–H and O–H groups in total. The first-order chi connectivity index (χ1) is 19.2. The third-order valence-corrected chi connectivity index (χ3v) is 6.77. The van der Waals surface area contributed by atoms with Crippen molar-refractivity contribution in [3.63, 3.8) is 0 Å². The summed E-state index contributed by atoms with van der Waals surface area (Å²) in [6.07, 6.45) is 3.09. The van der Waals surface area contributed by atoms with Gasteiger partial charge in [-0.15, -0.1) is 24.8 Å². The molecule has 10 nitrogen and oxygen atoms in total. The van der Waals surface area contributed by atoms with Crippen molar-refractivity contribution in [3.8, 4) is 0 Å². The lowest BCUT2D eigenvalue weighted by atomic mass is 10.1. The van der Waals surface area contributed by atoms with Crippen LogP contribution >= 0.6 is 36.6 Å². The molecular weight excluding hydrogens is 599 g/mol. The molecule has 3 rings (SSSR count). The van der Waals surface area contributed by atoms with E-state index in [4.69, 9.17) is 10.5 Å². The van der Waals surface area contributed by atoms with E-state index in [-0.39, 0.29) is 49.8 Å². The Labute approximate surface area is 263 Å². The Kier molecular flexibility index (Phi) is 16.2. The van der Waals surface area contributed by atoms with Crippen molar-refractivity contribution in [1.29, 1.82) is 0 Å². The Balaban J connectivity index is 0.00000441. The molecule has 0 aliphatic carbocycles. The van der Waals surface area contributed by atoms with Gasteiger partial charge in [0, 0.05) is 18.5 Å². The van der Waals surface area contributed by atoms with Crippen molar-refractivity contribution in [2.45, 2.75) is 45.0 Å². The molecule has 0 aliphatic rings. The number of anilines is 1. The van der Waals surface area contributed by atoms with Crippen LogP contribution in [0.5, 0.6) is 0 Å². The number of hydrogen-bond acceptors (Lipinski definition) is 7. The number of imidazole rings is 1. The number of nitrogens with two attached hydrogens (primary N) is 1. The minimum atomic E-state index is -1.19. The molecular formula is C29H40Cl2N6O4S. The third kappa shape index (κ3) is 11.7. The molecule has 0 fully saturated rings. The molecule has 3 aromatic rings. The van der Waals surface area contributed by atoms with Gasteiger partial charge >= 0.3 is 0 Å². The summed E-state index contributed by atoms with van der Waals surface area (Å²) >= 11 is 1.75. The summed E-state index contributed by atoms with van der Waals surface area (Å²) in [6.45, 7) is 5.92. The molecule has 1 heterocycles. The zero-order chi connectivity index (χ0) is 29.0. The third-order valence-electron chi connectivity index (χ3n) is 5.87. The van der Waals surface area contributed by atoms with Gasteiger partial charge in [-0.2, -0.15) is 11.8 Å². The summed E-state index contributed by atoms with van der Waals surface area (Å²) in [4.78, 5) is 43.3. The molecule has 1 unspecified atom stereocenters. The average Bonchev–Trinajstić information content (AvgIpc) is 3.38. The van der Waals surface area contributed by atoms with E-state index in [0.29, 0.717) is 6.54 Å². The number of thioether (sulfide) groups is 1. The number of amides is 3. The van der Waals surface area contributed by atoms with Gasteiger partial charge in [0.15, 0.2) is 5.82 Å². The number of benzene rings is 2. The molecule has 13 heteroatoms. The predicted octanol–water partition coefficient (Wildman–Crippen LogP) is 3.56. The van der Waals surface area contributed by atoms with E-state index in [9.17, 15) is 14.4 Å². The van der Waals surface area contributed by atoms with Crippen LogP contribution in [0.1, 0.15) is 37.9 Å². The average molecular weight is 640 g/mol. The van der Waals surface area contributed by atoms with E-state index < -0.39 is 29.4 Å². The number of carbonyl (C=O) groups excluding carboxylic acids is 3. The van der Waals surface area contributed by atoms with Gasteiger partial charge in [-0.3, -0.25) is 14.4 Å². The van der Waals surface area contributed by atoms with Crippen molar-refractivity contribution in [2.24, 2.45) is 5.73 Å². The van der Waals surface area contributed by atoms with E-state index in [1.807, 2.05) is 60.7 Å². The van der Waals surface area contributed by atoms with Crippen LogP contribution in [0.4, 0.5) is 5.82 Å². The quantitative estimate of drug-likeness (QED) is 0.187. The van der Waals surface area contributed by atoms with Crippen molar-refractivity contribution in [1.82, 2.24) is 20.2 Å². The summed E-state index contributed by atoms with van der Waals surface area (Å²) in [7, 11) is 0. The number of nitrogens with one attached hydrogen (secondary N) is 3. The molecule has 0 aliphatic heterocycles. The fraction of sp³-hybridized carbons (Fsp3) is 0.379. The molecule has 0 spiro atoms. The van der Waals surface area contributed by atoms with Gasteiger partial charge in [0.25, 0.3) is 5.91 Å². The van der Waals surface area contributed by atoms with Crippen molar-refractivity contribution < 1.29 is 19.1 Å². The fourth-order valence-electron chi connectivity index (χ4n) is 3.73. The number of halogens is 2. The molecule has 0 saturated heterocycles. The van der Waals surface area contributed by atoms with Crippen molar-refractivity contribution >= 4 is 60.1 Å². The van der Waals surface area contributed by atoms with Crippen LogP contribution in [0.25, 0.3) is 0 Å². The lowest BCUT2D eigenvalue weighted by molar-refractivity contribution is -0.130. The molecule has 230 valence electrons. The fourth-order valence-corrected chi connectivity index (χ4v) is 4.27. The highest BCUT2D eigenvalue weighted by atomic mass is 35.5. The summed E-state index contributed by atoms with van der Waals surface area (Å²) in [5.74, 6) is 0.826. The Morgan fingerprint density at radius 2 is 1.67 bits per heavy atom. The minimum absolute atomic E-state index is 0. The summed E-state index contributed by atoms with van der Waals surface area (Å²) in [5.41, 5.74) is 6.46. The van der Waals surface area contributed by atoms with Crippen LogP contribution in [-0.4, -0.2) is 63.5 Å². The maximum atomic E-state index is 13.2. The maximum absolute atomic E-state index is 13.2. The second-order valence-corrected chi connectivity index (χ2v) is 11.1. The maximum Gasteiger partial charge on any atom is 0.250 e. The van der Waals surface area contributed by atoms with E-state index in [1.165, 1.54) is 6.33 Å². The first kappa shape index (κ1) is 36.9. The molecule has 0 saturated carbocycles. The van der Waals surface area contributed by atoms with Gasteiger partial charge in [-0.05, 0) is 30.7 Å². The Morgan fingerprint density at radius 1 is 1.02 bits per heavy atom. The monoisotopic (exact) mass is 638 g/mol. The standard InChI is InChI=1S/C29H38N6O4S.2ClH/c1-4-40-16-15-31-27(37)25(22-13-9-6-10-14-22)35-17-24(32-20-35)34-26(36)23(33-28(38)29(2,3)30)19-39-18-21-11-7-5-8-12-21;;/h5-14,17,20,23,25H,4,15-16,18-19,30H2,1-3H3,(H,31,37)(H,33,38)(H,34,36);2*1H/t23-,25?;;/m1../s1. The van der Waals surface area contributed by atoms with E-state index in [2.05, 4.69) is 27.9 Å². The smallest absolute Gasteiger partial charge is 0.250 e. The van der Waals surface area contributed by atoms with E-state index >= 15 is 0 Å². The Bertz CT molecular complexity index is 1240. The molecule has 2 atom stereocenters. The molecule has 0 bridgehead atoms. The van der Waals surface area contributed by atoms with Crippen LogP contribution in [0.3, 0.4) is 0 Å². The number of hydrogen-bond donors (Lipinski definition) is 4. The van der Waals surface area contributed by atoms with Crippen LogP contribution in [0, 0.1) is 0 Å². The van der Waals surface area contributed by atoms with Crippen LogP contribution < -0.4 is 21.7 Å². The second-order valence-electron chi connectivity index (χ2n) is 9.75. The first-order valence-corrected chi connectivity index (χ1v) is 14.3. The van der Waals surface area contributed by atoms with Gasteiger partial charge in [0.05, 0.1) is 25.1 Å². The topological polar surface area (TPSA) is 140 Å². The highest BCUT2D eigenvalue weighted by Gasteiger charge is 2.29. The molecule has 2 aromatic carbocycles. The first-order valence-electron chi connectivity index (χ1n) is 13.1. The molecule has 1 aromatic heterocycles. The van der Waals surface area contributed by atoms with Crippen LogP contribution in [0.2, 0.25) is 0 Å². The lowest BCUT2D eigenvalue weighted by Gasteiger charge is -2.23. The number of nitrogens with zero attached hydrogens (tertiary/aromatic N) is 2. The summed E-state index contributed by atoms with van der Waals surface area (Å²) < 4.78 is 7.39. The highest BCUT2D eigenvalue weighted by molar-refractivity contribution is 7.99. The highest BCUT2D eigenvalue weighted by Crippen LogP contribution is 2.20. The largest absolute Gasteiger partial charge is 0.374 e. The van der Waals surface area contributed by atoms with Gasteiger partial charge in [-0.1, -0.05) is 67.6 Å². The lowest BCUT2D eigenvalue weighted by Crippen LogP contribution is -2.56. The van der Waals surface area contributed by atoms with E-state index in [1.54, 1.807) is 36.4 Å². The predicted molar refractivity (Wildman–Crippen MR) is 172 cm³/mol. The van der Waals surface area contributed by atoms with Gasteiger partial charge in [0.2, 0.25) is 11.8 Å².